The van der Waals surface area contributed by atoms with E-state index in [1.165, 1.54) is 25.5 Å². The van der Waals surface area contributed by atoms with Crippen molar-refractivity contribution in [2.75, 3.05) is 0 Å². The van der Waals surface area contributed by atoms with Gasteiger partial charge in [-0.05, 0) is 25.0 Å². The molecule has 1 heterocycles. The Morgan fingerprint density at radius 2 is 1.95 bits per heavy atom. The molecule has 1 saturated carbocycles. The quantitative estimate of drug-likeness (QED) is 0.673. The van der Waals surface area contributed by atoms with E-state index < -0.39 is 5.63 Å². The second-order valence-corrected chi connectivity index (χ2v) is 5.22. The summed E-state index contributed by atoms with van der Waals surface area (Å²) in [5.41, 5.74) is -0.000140. The van der Waals surface area contributed by atoms with Gasteiger partial charge in [0, 0.05) is 12.3 Å². The van der Waals surface area contributed by atoms with Gasteiger partial charge < -0.3 is 9.52 Å². The third kappa shape index (κ3) is 2.46. The molecule has 0 bridgehead atoms. The SMILES string of the molecule is O=c1oc2ccccc2c(O)c1C=NC1CCCCC1. The molecule has 20 heavy (non-hydrogen) atoms. The zero-order valence-electron chi connectivity index (χ0n) is 11.2. The van der Waals surface area contributed by atoms with Crippen molar-refractivity contribution in [2.45, 2.75) is 38.1 Å². The Morgan fingerprint density at radius 3 is 2.75 bits per heavy atom. The highest BCUT2D eigenvalue weighted by atomic mass is 16.4. The summed E-state index contributed by atoms with van der Waals surface area (Å²) in [6, 6.07) is 7.21. The van der Waals surface area contributed by atoms with Crippen LogP contribution in [-0.4, -0.2) is 17.4 Å². The van der Waals surface area contributed by atoms with Gasteiger partial charge in [-0.3, -0.25) is 4.99 Å². The summed E-state index contributed by atoms with van der Waals surface area (Å²) in [6.45, 7) is 0. The summed E-state index contributed by atoms with van der Waals surface area (Å²) in [5, 5.41) is 10.7. The monoisotopic (exact) mass is 271 g/mol. The number of para-hydroxylation sites is 1. The fourth-order valence-corrected chi connectivity index (χ4v) is 2.67. The molecule has 0 unspecified atom stereocenters. The molecule has 0 aliphatic heterocycles. The molecule has 1 aliphatic carbocycles. The number of nitrogens with zero attached hydrogens (tertiary/aromatic N) is 1. The highest BCUT2D eigenvalue weighted by Crippen LogP contribution is 2.25. The van der Waals surface area contributed by atoms with Gasteiger partial charge in [0.05, 0.1) is 5.39 Å². The fraction of sp³-hybridized carbons (Fsp3) is 0.375. The van der Waals surface area contributed by atoms with Crippen LogP contribution in [-0.2, 0) is 0 Å². The molecule has 1 aromatic heterocycles. The van der Waals surface area contributed by atoms with Crippen LogP contribution in [0.25, 0.3) is 11.0 Å². The first-order chi connectivity index (χ1) is 9.75. The zero-order chi connectivity index (χ0) is 13.9. The second kappa shape index (κ2) is 5.49. The van der Waals surface area contributed by atoms with E-state index >= 15 is 0 Å². The van der Waals surface area contributed by atoms with Crippen molar-refractivity contribution < 1.29 is 9.52 Å². The van der Waals surface area contributed by atoms with Crippen molar-refractivity contribution in [3.63, 3.8) is 0 Å². The van der Waals surface area contributed by atoms with E-state index in [0.29, 0.717) is 11.0 Å². The predicted molar refractivity (Wildman–Crippen MR) is 78.6 cm³/mol. The minimum atomic E-state index is -0.541. The van der Waals surface area contributed by atoms with Gasteiger partial charge in [0.2, 0.25) is 0 Å². The first-order valence-corrected chi connectivity index (χ1v) is 7.03. The van der Waals surface area contributed by atoms with E-state index in [-0.39, 0.29) is 17.4 Å². The molecule has 2 aromatic rings. The maximum atomic E-state index is 11.9. The van der Waals surface area contributed by atoms with Crippen LogP contribution in [0.3, 0.4) is 0 Å². The molecular formula is C16H17NO3. The van der Waals surface area contributed by atoms with E-state index in [2.05, 4.69) is 4.99 Å². The summed E-state index contributed by atoms with van der Waals surface area (Å²) < 4.78 is 5.21. The molecule has 0 spiro atoms. The van der Waals surface area contributed by atoms with Crippen LogP contribution < -0.4 is 5.63 Å². The van der Waals surface area contributed by atoms with E-state index in [9.17, 15) is 9.90 Å². The van der Waals surface area contributed by atoms with Gasteiger partial charge in [0.1, 0.15) is 16.9 Å². The van der Waals surface area contributed by atoms with Crippen molar-refractivity contribution in [3.8, 4) is 5.75 Å². The third-order valence-electron chi connectivity index (χ3n) is 3.81. The summed E-state index contributed by atoms with van der Waals surface area (Å²) in [7, 11) is 0. The molecule has 0 atom stereocenters. The van der Waals surface area contributed by atoms with Gasteiger partial charge in [-0.2, -0.15) is 0 Å². The molecule has 3 rings (SSSR count). The lowest BCUT2D eigenvalue weighted by molar-refractivity contribution is 0.443. The van der Waals surface area contributed by atoms with Gasteiger partial charge in [-0.1, -0.05) is 31.4 Å². The van der Waals surface area contributed by atoms with Gasteiger partial charge in [0.25, 0.3) is 0 Å². The Balaban J connectivity index is 1.98. The Hall–Kier alpha value is -2.10. The smallest absolute Gasteiger partial charge is 0.348 e. The lowest BCUT2D eigenvalue weighted by atomic mass is 9.96. The van der Waals surface area contributed by atoms with Gasteiger partial charge in [0.15, 0.2) is 0 Å². The molecule has 4 nitrogen and oxygen atoms in total. The number of aromatic hydroxyl groups is 1. The Labute approximate surface area is 116 Å². The van der Waals surface area contributed by atoms with Gasteiger partial charge >= 0.3 is 5.63 Å². The fourth-order valence-electron chi connectivity index (χ4n) is 2.67. The van der Waals surface area contributed by atoms with Gasteiger partial charge in [-0.25, -0.2) is 4.79 Å². The average molecular weight is 271 g/mol. The molecule has 1 aliphatic rings. The number of hydrogen-bond acceptors (Lipinski definition) is 4. The summed E-state index contributed by atoms with van der Waals surface area (Å²) in [5.74, 6) is -0.0450. The van der Waals surface area contributed by atoms with Crippen molar-refractivity contribution in [3.05, 3.63) is 40.2 Å². The standard InChI is InChI=1S/C16H17NO3/c18-15-12-8-4-5-9-14(12)20-16(19)13(15)10-17-11-6-2-1-3-7-11/h4-5,8-11,18H,1-3,6-7H2. The van der Waals surface area contributed by atoms with E-state index in [1.54, 1.807) is 24.3 Å². The summed E-state index contributed by atoms with van der Waals surface area (Å²) in [4.78, 5) is 16.3. The predicted octanol–water partition coefficient (Wildman–Crippen LogP) is 3.25. The first kappa shape index (κ1) is 12.9. The molecular weight excluding hydrogens is 254 g/mol. The highest BCUT2D eigenvalue weighted by molar-refractivity contribution is 5.93. The topological polar surface area (TPSA) is 62.8 Å². The minimum absolute atomic E-state index is 0.0450. The highest BCUT2D eigenvalue weighted by Gasteiger charge is 2.14. The Bertz CT molecular complexity index is 696. The van der Waals surface area contributed by atoms with Crippen LogP contribution in [0.15, 0.2) is 38.5 Å². The summed E-state index contributed by atoms with van der Waals surface area (Å²) in [6.07, 6.45) is 7.20. The molecule has 0 amide bonds. The minimum Gasteiger partial charge on any atom is -0.506 e. The molecule has 1 N–H and O–H groups in total. The largest absolute Gasteiger partial charge is 0.506 e. The van der Waals surface area contributed by atoms with E-state index in [1.807, 2.05) is 0 Å². The molecule has 1 fully saturated rings. The van der Waals surface area contributed by atoms with Gasteiger partial charge in [-0.15, -0.1) is 0 Å². The Kier molecular flexibility index (Phi) is 3.54. The number of aliphatic imine (C=N–C) groups is 1. The van der Waals surface area contributed by atoms with Crippen LogP contribution in [0.1, 0.15) is 37.7 Å². The zero-order valence-corrected chi connectivity index (χ0v) is 11.2. The number of hydrogen-bond donors (Lipinski definition) is 1. The number of benzene rings is 1. The van der Waals surface area contributed by atoms with Crippen molar-refractivity contribution in [2.24, 2.45) is 4.99 Å². The van der Waals surface area contributed by atoms with Crippen molar-refractivity contribution in [1.29, 1.82) is 0 Å². The second-order valence-electron chi connectivity index (χ2n) is 5.22. The van der Waals surface area contributed by atoms with Crippen LogP contribution in [0.5, 0.6) is 5.75 Å². The maximum absolute atomic E-state index is 11.9. The molecule has 0 saturated heterocycles. The molecule has 4 heteroatoms. The van der Waals surface area contributed by atoms with Crippen LogP contribution >= 0.6 is 0 Å². The Morgan fingerprint density at radius 1 is 1.20 bits per heavy atom. The van der Waals surface area contributed by atoms with Crippen LogP contribution in [0.2, 0.25) is 0 Å². The lowest BCUT2D eigenvalue weighted by Crippen LogP contribution is -2.12. The third-order valence-corrected chi connectivity index (χ3v) is 3.81. The summed E-state index contributed by atoms with van der Waals surface area (Å²) >= 11 is 0. The van der Waals surface area contributed by atoms with E-state index in [4.69, 9.17) is 4.42 Å². The maximum Gasteiger partial charge on any atom is 0.348 e. The van der Waals surface area contributed by atoms with E-state index in [0.717, 1.165) is 12.8 Å². The first-order valence-electron chi connectivity index (χ1n) is 7.03. The number of fused-ring (bicyclic) bond motifs is 1. The normalized spacial score (nSPS) is 17.0. The average Bonchev–Trinajstić information content (AvgIpc) is 2.48. The lowest BCUT2D eigenvalue weighted by Gasteiger charge is -2.17. The number of rotatable bonds is 2. The van der Waals surface area contributed by atoms with Crippen molar-refractivity contribution in [1.82, 2.24) is 0 Å². The molecule has 1 aromatic carbocycles. The van der Waals surface area contributed by atoms with Crippen LogP contribution in [0.4, 0.5) is 0 Å². The molecule has 0 radical (unpaired) electrons. The van der Waals surface area contributed by atoms with Crippen LogP contribution in [0, 0.1) is 0 Å². The van der Waals surface area contributed by atoms with Crippen molar-refractivity contribution >= 4 is 17.2 Å². The molecule has 104 valence electrons.